The van der Waals surface area contributed by atoms with E-state index in [1.807, 2.05) is 54.6 Å². The highest BCUT2D eigenvalue weighted by molar-refractivity contribution is 7.88. The van der Waals surface area contributed by atoms with Crippen LogP contribution >= 0.6 is 0 Å². The van der Waals surface area contributed by atoms with Crippen molar-refractivity contribution < 1.29 is 17.9 Å². The van der Waals surface area contributed by atoms with Crippen LogP contribution in [0.4, 0.5) is 0 Å². The molecule has 0 radical (unpaired) electrons. The van der Waals surface area contributed by atoms with Crippen molar-refractivity contribution in [2.45, 2.75) is 12.3 Å². The van der Waals surface area contributed by atoms with E-state index in [9.17, 15) is 8.42 Å². The monoisotopic (exact) mass is 448 g/mol. The Labute approximate surface area is 187 Å². The molecule has 4 aromatic rings. The topological polar surface area (TPSA) is 77.5 Å². The third kappa shape index (κ3) is 4.74. The predicted molar refractivity (Wildman–Crippen MR) is 126 cm³/mol. The lowest BCUT2D eigenvalue weighted by Crippen LogP contribution is -2.24. The van der Waals surface area contributed by atoms with Crippen LogP contribution < -0.4 is 14.2 Å². The molecule has 6 nitrogen and oxygen atoms in total. The molecule has 0 amide bonds. The predicted octanol–water partition coefficient (Wildman–Crippen LogP) is 4.54. The van der Waals surface area contributed by atoms with Gasteiger partial charge in [-0.15, -0.1) is 0 Å². The second-order valence-corrected chi connectivity index (χ2v) is 9.14. The third-order valence-corrected chi connectivity index (χ3v) is 6.58. The summed E-state index contributed by atoms with van der Waals surface area (Å²) < 4.78 is 38.7. The summed E-state index contributed by atoms with van der Waals surface area (Å²) in [6.45, 7) is 0.184. The van der Waals surface area contributed by atoms with Gasteiger partial charge in [0, 0.05) is 24.3 Å². The largest absolute Gasteiger partial charge is 0.493 e. The van der Waals surface area contributed by atoms with Crippen LogP contribution in [0.1, 0.15) is 11.1 Å². The van der Waals surface area contributed by atoms with Crippen molar-refractivity contribution >= 4 is 20.8 Å². The number of fused-ring (bicyclic) bond motifs is 1. The number of sulfonamides is 1. The summed E-state index contributed by atoms with van der Waals surface area (Å²) in [5.74, 6) is 1.24. The molecular formula is C25H24N2O4S. The molecule has 0 saturated carbocycles. The Morgan fingerprint density at radius 2 is 1.66 bits per heavy atom. The van der Waals surface area contributed by atoms with E-state index >= 15 is 0 Å². The highest BCUT2D eigenvalue weighted by Crippen LogP contribution is 2.36. The van der Waals surface area contributed by atoms with Gasteiger partial charge >= 0.3 is 0 Å². The maximum atomic E-state index is 12.6. The number of aromatic nitrogens is 1. The second kappa shape index (κ2) is 9.38. The highest BCUT2D eigenvalue weighted by Gasteiger charge is 2.14. The minimum absolute atomic E-state index is 0.0618. The number of hydrogen-bond acceptors (Lipinski definition) is 5. The number of nitrogens with zero attached hydrogens (tertiary/aromatic N) is 1. The molecule has 0 aliphatic heterocycles. The van der Waals surface area contributed by atoms with Gasteiger partial charge in [0.15, 0.2) is 11.5 Å². The summed E-state index contributed by atoms with van der Waals surface area (Å²) in [5, 5.41) is 1.87. The molecule has 0 aliphatic carbocycles. The molecule has 0 fully saturated rings. The zero-order valence-corrected chi connectivity index (χ0v) is 18.7. The van der Waals surface area contributed by atoms with Crippen molar-refractivity contribution in [3.63, 3.8) is 0 Å². The quantitative estimate of drug-likeness (QED) is 0.428. The van der Waals surface area contributed by atoms with Gasteiger partial charge in [-0.25, -0.2) is 13.1 Å². The van der Waals surface area contributed by atoms with Gasteiger partial charge in [0.05, 0.1) is 20.0 Å². The number of ether oxygens (including phenoxy) is 2. The third-order valence-electron chi connectivity index (χ3n) is 5.28. The summed E-state index contributed by atoms with van der Waals surface area (Å²) >= 11 is 0. The fourth-order valence-corrected chi connectivity index (χ4v) is 4.80. The van der Waals surface area contributed by atoms with Crippen LogP contribution in [0.3, 0.4) is 0 Å². The Morgan fingerprint density at radius 1 is 0.875 bits per heavy atom. The van der Waals surface area contributed by atoms with Crippen LogP contribution in [-0.4, -0.2) is 27.6 Å². The van der Waals surface area contributed by atoms with E-state index in [1.54, 1.807) is 38.7 Å². The normalized spacial score (nSPS) is 11.4. The minimum Gasteiger partial charge on any atom is -0.493 e. The van der Waals surface area contributed by atoms with E-state index in [1.165, 1.54) is 0 Å². The van der Waals surface area contributed by atoms with E-state index in [0.29, 0.717) is 11.5 Å². The molecule has 0 unspecified atom stereocenters. The first-order valence-electron chi connectivity index (χ1n) is 10.1. The van der Waals surface area contributed by atoms with Crippen molar-refractivity contribution in [3.8, 4) is 22.6 Å². The van der Waals surface area contributed by atoms with E-state index in [0.717, 1.165) is 33.0 Å². The number of rotatable bonds is 8. The first kappa shape index (κ1) is 21.8. The van der Waals surface area contributed by atoms with Crippen LogP contribution in [0.15, 0.2) is 79.1 Å². The molecule has 164 valence electrons. The second-order valence-electron chi connectivity index (χ2n) is 7.33. The summed E-state index contributed by atoms with van der Waals surface area (Å²) in [7, 11) is -0.272. The van der Waals surface area contributed by atoms with Gasteiger partial charge in [-0.05, 0) is 45.8 Å². The molecule has 32 heavy (non-hydrogen) atoms. The molecule has 3 aromatic carbocycles. The molecule has 0 aliphatic rings. The highest BCUT2D eigenvalue weighted by atomic mass is 32.2. The molecule has 1 heterocycles. The lowest BCUT2D eigenvalue weighted by molar-refractivity contribution is 0.355. The number of pyridine rings is 1. The standard InChI is InChI=1S/C25H24N2O4S/c1-30-24-11-9-19(14-25(24)31-2)21-10-8-20(23-16-26-13-12-22(21)23)15-27-32(28,29)17-18-6-4-3-5-7-18/h3-14,16,27H,15,17H2,1-2H3. The molecule has 1 aromatic heterocycles. The first-order valence-corrected chi connectivity index (χ1v) is 11.8. The van der Waals surface area contributed by atoms with E-state index < -0.39 is 10.0 Å². The molecule has 0 atom stereocenters. The summed E-state index contributed by atoms with van der Waals surface area (Å²) in [5.41, 5.74) is 3.57. The molecule has 7 heteroatoms. The lowest BCUT2D eigenvalue weighted by Gasteiger charge is -2.14. The van der Waals surface area contributed by atoms with Crippen LogP contribution in [0.25, 0.3) is 21.9 Å². The van der Waals surface area contributed by atoms with Crippen LogP contribution in [0.5, 0.6) is 11.5 Å². The number of methoxy groups -OCH3 is 2. The summed E-state index contributed by atoms with van der Waals surface area (Å²) in [6, 6.07) is 20.8. The Kier molecular flexibility index (Phi) is 6.39. The molecule has 0 saturated heterocycles. The SMILES string of the molecule is COc1ccc(-c2ccc(CNS(=O)(=O)Cc3ccccc3)c3cnccc23)cc1OC. The van der Waals surface area contributed by atoms with Crippen LogP contribution in [0.2, 0.25) is 0 Å². The van der Waals surface area contributed by atoms with Gasteiger partial charge in [0.1, 0.15) is 0 Å². The fourth-order valence-electron chi connectivity index (χ4n) is 3.69. The van der Waals surface area contributed by atoms with E-state index in [4.69, 9.17) is 9.47 Å². The Hall–Kier alpha value is -3.42. The van der Waals surface area contributed by atoms with E-state index in [-0.39, 0.29) is 12.3 Å². The number of nitrogens with one attached hydrogen (secondary N) is 1. The van der Waals surface area contributed by atoms with Gasteiger partial charge in [-0.3, -0.25) is 4.98 Å². The smallest absolute Gasteiger partial charge is 0.216 e. The van der Waals surface area contributed by atoms with Gasteiger partial charge in [0.2, 0.25) is 10.0 Å². The van der Waals surface area contributed by atoms with Crippen LogP contribution in [0, 0.1) is 0 Å². The maximum absolute atomic E-state index is 12.6. The zero-order chi connectivity index (χ0) is 22.6. The fraction of sp³-hybridized carbons (Fsp3) is 0.160. The molecule has 1 N–H and O–H groups in total. The Balaban J connectivity index is 1.64. The average Bonchev–Trinajstić information content (AvgIpc) is 2.82. The summed E-state index contributed by atoms with van der Waals surface area (Å²) in [6.07, 6.45) is 3.50. The van der Waals surface area contributed by atoms with E-state index in [2.05, 4.69) is 9.71 Å². The Bertz CT molecular complexity index is 1340. The number of benzene rings is 3. The van der Waals surface area contributed by atoms with Gasteiger partial charge < -0.3 is 9.47 Å². The van der Waals surface area contributed by atoms with Gasteiger partial charge in [-0.2, -0.15) is 0 Å². The van der Waals surface area contributed by atoms with Crippen molar-refractivity contribution in [2.75, 3.05) is 14.2 Å². The number of hydrogen-bond donors (Lipinski definition) is 1. The zero-order valence-electron chi connectivity index (χ0n) is 17.9. The average molecular weight is 449 g/mol. The minimum atomic E-state index is -3.48. The molecule has 0 bridgehead atoms. The first-order chi connectivity index (χ1) is 15.5. The van der Waals surface area contributed by atoms with Crippen molar-refractivity contribution in [1.82, 2.24) is 9.71 Å². The van der Waals surface area contributed by atoms with Gasteiger partial charge in [0.25, 0.3) is 0 Å². The van der Waals surface area contributed by atoms with Crippen molar-refractivity contribution in [1.29, 1.82) is 0 Å². The molecular weight excluding hydrogens is 424 g/mol. The van der Waals surface area contributed by atoms with Crippen LogP contribution in [-0.2, 0) is 22.3 Å². The van der Waals surface area contributed by atoms with Crippen molar-refractivity contribution in [2.24, 2.45) is 0 Å². The Morgan fingerprint density at radius 3 is 2.41 bits per heavy atom. The lowest BCUT2D eigenvalue weighted by atomic mass is 9.96. The maximum Gasteiger partial charge on any atom is 0.216 e. The molecule has 4 rings (SSSR count). The van der Waals surface area contributed by atoms with Gasteiger partial charge in [-0.1, -0.05) is 48.5 Å². The molecule has 0 spiro atoms. The van der Waals surface area contributed by atoms with Crippen molar-refractivity contribution in [3.05, 3.63) is 90.3 Å². The summed E-state index contributed by atoms with van der Waals surface area (Å²) in [4.78, 5) is 4.26.